The van der Waals surface area contributed by atoms with E-state index < -0.39 is 11.6 Å². The first-order valence-corrected chi connectivity index (χ1v) is 11.0. The Balaban J connectivity index is 2.28. The second-order valence-corrected chi connectivity index (χ2v) is 8.79. The van der Waals surface area contributed by atoms with E-state index in [1.807, 2.05) is 39.0 Å². The van der Waals surface area contributed by atoms with Crippen molar-refractivity contribution >= 4 is 12.1 Å². The van der Waals surface area contributed by atoms with E-state index in [0.717, 1.165) is 44.9 Å². The van der Waals surface area contributed by atoms with Gasteiger partial charge in [0.2, 0.25) is 0 Å². The largest absolute Gasteiger partial charge is 0.481 e. The van der Waals surface area contributed by atoms with Gasteiger partial charge in [0, 0.05) is 12.5 Å². The lowest BCUT2D eigenvalue weighted by Crippen LogP contribution is -2.40. The standard InChI is InChI=1S/C24H39NO4/c1-24(2,3)29-23(28)25-21(19-20-15-11-10-12-16-20)17-13-8-6-4-5-7-9-14-18-22(26)27/h10-12,15-16,21H,4-9,13-14,17-19H2,1-3H3,(H,25,28)(H,26,27)/t21-/m0/s1. The Bertz CT molecular complexity index is 580. The van der Waals surface area contributed by atoms with Crippen LogP contribution in [0, 0.1) is 0 Å². The normalized spacial score (nSPS) is 12.4. The van der Waals surface area contributed by atoms with Crippen LogP contribution in [0.3, 0.4) is 0 Å². The van der Waals surface area contributed by atoms with Gasteiger partial charge in [-0.05, 0) is 45.6 Å². The van der Waals surface area contributed by atoms with Crippen molar-refractivity contribution < 1.29 is 19.4 Å². The fraction of sp³-hybridized carbons (Fsp3) is 0.667. The third-order valence-electron chi connectivity index (χ3n) is 4.74. The zero-order valence-corrected chi connectivity index (χ0v) is 18.4. The van der Waals surface area contributed by atoms with Crippen molar-refractivity contribution in [1.82, 2.24) is 5.32 Å². The maximum atomic E-state index is 12.2. The number of hydrogen-bond acceptors (Lipinski definition) is 3. The average molecular weight is 406 g/mol. The molecule has 0 spiro atoms. The summed E-state index contributed by atoms with van der Waals surface area (Å²) in [5.74, 6) is -0.699. The summed E-state index contributed by atoms with van der Waals surface area (Å²) in [6, 6.07) is 10.3. The molecule has 0 aliphatic rings. The molecule has 0 bridgehead atoms. The molecule has 164 valence electrons. The molecule has 1 amide bonds. The topological polar surface area (TPSA) is 75.6 Å². The maximum Gasteiger partial charge on any atom is 0.407 e. The van der Waals surface area contributed by atoms with Crippen LogP contribution < -0.4 is 5.32 Å². The van der Waals surface area contributed by atoms with E-state index >= 15 is 0 Å². The Labute approximate surface area is 176 Å². The van der Waals surface area contributed by atoms with Crippen molar-refractivity contribution in [2.75, 3.05) is 0 Å². The third-order valence-corrected chi connectivity index (χ3v) is 4.74. The molecule has 2 N–H and O–H groups in total. The van der Waals surface area contributed by atoms with Crippen molar-refractivity contribution in [3.63, 3.8) is 0 Å². The fourth-order valence-electron chi connectivity index (χ4n) is 3.33. The van der Waals surface area contributed by atoms with Gasteiger partial charge in [-0.15, -0.1) is 0 Å². The van der Waals surface area contributed by atoms with Gasteiger partial charge in [0.1, 0.15) is 5.60 Å². The molecule has 0 fully saturated rings. The molecule has 29 heavy (non-hydrogen) atoms. The molecule has 0 aliphatic carbocycles. The number of carbonyl (C=O) groups excluding carboxylic acids is 1. The molecule has 1 aromatic rings. The lowest BCUT2D eigenvalue weighted by molar-refractivity contribution is -0.137. The number of nitrogens with one attached hydrogen (secondary N) is 1. The van der Waals surface area contributed by atoms with Crippen LogP contribution in [0.1, 0.15) is 90.5 Å². The van der Waals surface area contributed by atoms with Crippen LogP contribution in [0.4, 0.5) is 4.79 Å². The van der Waals surface area contributed by atoms with E-state index in [9.17, 15) is 9.59 Å². The first kappa shape index (κ1) is 25.0. The van der Waals surface area contributed by atoms with E-state index in [4.69, 9.17) is 9.84 Å². The monoisotopic (exact) mass is 405 g/mol. The minimum absolute atomic E-state index is 0.0725. The molecule has 5 nitrogen and oxygen atoms in total. The molecule has 0 aromatic heterocycles. The van der Waals surface area contributed by atoms with Gasteiger partial charge < -0.3 is 15.2 Å². The smallest absolute Gasteiger partial charge is 0.407 e. The van der Waals surface area contributed by atoms with Crippen LogP contribution >= 0.6 is 0 Å². The summed E-state index contributed by atoms with van der Waals surface area (Å²) in [5, 5.41) is 11.7. The zero-order valence-electron chi connectivity index (χ0n) is 18.4. The molecule has 5 heteroatoms. The Hall–Kier alpha value is -2.04. The lowest BCUT2D eigenvalue weighted by atomic mass is 9.99. The molecule has 0 unspecified atom stereocenters. The molecule has 0 saturated heterocycles. The molecule has 1 atom stereocenters. The summed E-state index contributed by atoms with van der Waals surface area (Å²) >= 11 is 0. The van der Waals surface area contributed by atoms with Crippen LogP contribution in [0.5, 0.6) is 0 Å². The number of ether oxygens (including phenoxy) is 1. The van der Waals surface area contributed by atoms with E-state index in [1.54, 1.807) is 0 Å². The van der Waals surface area contributed by atoms with Crippen LogP contribution in [-0.4, -0.2) is 28.8 Å². The first-order valence-electron chi connectivity index (χ1n) is 11.0. The van der Waals surface area contributed by atoms with E-state index in [-0.39, 0.29) is 18.6 Å². The Morgan fingerprint density at radius 3 is 2.03 bits per heavy atom. The van der Waals surface area contributed by atoms with Gasteiger partial charge in [-0.2, -0.15) is 0 Å². The summed E-state index contributed by atoms with van der Waals surface area (Å²) < 4.78 is 5.43. The highest BCUT2D eigenvalue weighted by Gasteiger charge is 2.19. The van der Waals surface area contributed by atoms with Crippen molar-refractivity contribution in [3.8, 4) is 0 Å². The number of aliphatic carboxylic acids is 1. The Kier molecular flexibility index (Phi) is 12.1. The van der Waals surface area contributed by atoms with Crippen LogP contribution in [0.15, 0.2) is 30.3 Å². The van der Waals surface area contributed by atoms with Gasteiger partial charge in [-0.25, -0.2) is 4.79 Å². The molecule has 1 aromatic carbocycles. The number of hydrogen-bond donors (Lipinski definition) is 2. The third kappa shape index (κ3) is 14.6. The van der Waals surface area contributed by atoms with Gasteiger partial charge in [-0.3, -0.25) is 4.79 Å². The Morgan fingerprint density at radius 2 is 1.48 bits per heavy atom. The summed E-state index contributed by atoms with van der Waals surface area (Å²) in [4.78, 5) is 22.7. The van der Waals surface area contributed by atoms with Gasteiger partial charge in [0.25, 0.3) is 0 Å². The molecule has 0 radical (unpaired) electrons. The van der Waals surface area contributed by atoms with Gasteiger partial charge in [0.05, 0.1) is 0 Å². The quantitative estimate of drug-likeness (QED) is 0.366. The van der Waals surface area contributed by atoms with E-state index in [2.05, 4.69) is 17.4 Å². The van der Waals surface area contributed by atoms with Gasteiger partial charge in [0.15, 0.2) is 0 Å². The van der Waals surface area contributed by atoms with Crippen molar-refractivity contribution in [2.45, 2.75) is 103 Å². The van der Waals surface area contributed by atoms with Crippen LogP contribution in [0.2, 0.25) is 0 Å². The van der Waals surface area contributed by atoms with Crippen LogP contribution in [0.25, 0.3) is 0 Å². The number of rotatable bonds is 14. The predicted octanol–water partition coefficient (Wildman–Crippen LogP) is 6.11. The highest BCUT2D eigenvalue weighted by molar-refractivity contribution is 5.68. The molecule has 0 aliphatic heterocycles. The van der Waals surface area contributed by atoms with E-state index in [1.165, 1.54) is 24.8 Å². The molecule has 0 heterocycles. The lowest BCUT2D eigenvalue weighted by Gasteiger charge is -2.24. The minimum atomic E-state index is -0.699. The summed E-state index contributed by atoms with van der Waals surface area (Å²) in [6.07, 6.45) is 10.4. The van der Waals surface area contributed by atoms with Crippen molar-refractivity contribution in [2.24, 2.45) is 0 Å². The molecule has 1 rings (SSSR count). The second kappa shape index (κ2) is 14.0. The van der Waals surface area contributed by atoms with Gasteiger partial charge in [-0.1, -0.05) is 75.3 Å². The maximum absolute atomic E-state index is 12.2. The number of alkyl carbamates (subject to hydrolysis) is 1. The van der Waals surface area contributed by atoms with Crippen LogP contribution in [-0.2, 0) is 16.0 Å². The fourth-order valence-corrected chi connectivity index (χ4v) is 3.33. The highest BCUT2D eigenvalue weighted by atomic mass is 16.6. The van der Waals surface area contributed by atoms with E-state index in [0.29, 0.717) is 0 Å². The molecular formula is C24H39NO4. The summed E-state index contributed by atoms with van der Waals surface area (Å²) in [5.41, 5.74) is 0.723. The van der Waals surface area contributed by atoms with Crippen molar-refractivity contribution in [1.29, 1.82) is 0 Å². The number of unbranched alkanes of at least 4 members (excludes halogenated alkanes) is 7. The molecular weight excluding hydrogens is 366 g/mol. The predicted molar refractivity (Wildman–Crippen MR) is 117 cm³/mol. The van der Waals surface area contributed by atoms with Crippen molar-refractivity contribution in [3.05, 3.63) is 35.9 Å². The summed E-state index contributed by atoms with van der Waals surface area (Å²) in [7, 11) is 0. The molecule has 0 saturated carbocycles. The highest BCUT2D eigenvalue weighted by Crippen LogP contribution is 2.15. The zero-order chi connectivity index (χ0) is 21.5. The average Bonchev–Trinajstić information content (AvgIpc) is 2.62. The minimum Gasteiger partial charge on any atom is -0.481 e. The number of carboxylic acid groups (broad SMARTS) is 1. The Morgan fingerprint density at radius 1 is 0.931 bits per heavy atom. The number of carbonyl (C=O) groups is 2. The second-order valence-electron chi connectivity index (χ2n) is 8.79. The number of benzene rings is 1. The first-order chi connectivity index (χ1) is 13.8. The SMILES string of the molecule is CC(C)(C)OC(=O)N[C@@H](CCCCCCCCCCC(=O)O)Cc1ccccc1. The summed E-state index contributed by atoms with van der Waals surface area (Å²) in [6.45, 7) is 5.63. The number of amides is 1. The van der Waals surface area contributed by atoms with Gasteiger partial charge >= 0.3 is 12.1 Å². The number of carboxylic acids is 1.